The van der Waals surface area contributed by atoms with Gasteiger partial charge in [0.2, 0.25) is 0 Å². The number of hydrogen-bond acceptors (Lipinski definition) is 2. The minimum Gasteiger partial charge on any atom is -0.459 e. The van der Waals surface area contributed by atoms with Crippen LogP contribution in [-0.4, -0.2) is 12.1 Å². The summed E-state index contributed by atoms with van der Waals surface area (Å²) >= 11 is 0. The molecule has 1 aromatic rings. The lowest BCUT2D eigenvalue weighted by Crippen LogP contribution is -2.32. The maximum Gasteiger partial charge on any atom is 0.338 e. The van der Waals surface area contributed by atoms with Crippen molar-refractivity contribution in [2.75, 3.05) is 0 Å². The fourth-order valence-corrected chi connectivity index (χ4v) is 2.83. The smallest absolute Gasteiger partial charge is 0.338 e. The molecule has 0 amide bonds. The van der Waals surface area contributed by atoms with Crippen LogP contribution in [0, 0.1) is 11.3 Å². The molecule has 0 aliphatic heterocycles. The maximum absolute atomic E-state index is 12.0. The Morgan fingerprint density at radius 3 is 2.47 bits per heavy atom. The molecule has 0 unspecified atom stereocenters. The Hall–Kier alpha value is -1.31. The summed E-state index contributed by atoms with van der Waals surface area (Å²) in [6.45, 7) is 6.83. The molecule has 1 aliphatic carbocycles. The lowest BCUT2D eigenvalue weighted by Gasteiger charge is -2.37. The number of carbonyl (C=O) groups is 1. The summed E-state index contributed by atoms with van der Waals surface area (Å²) in [4.78, 5) is 12.0. The van der Waals surface area contributed by atoms with Gasteiger partial charge in [0.05, 0.1) is 5.56 Å². The van der Waals surface area contributed by atoms with Crippen LogP contribution in [0.4, 0.5) is 0 Å². The topological polar surface area (TPSA) is 26.3 Å². The summed E-state index contributed by atoms with van der Waals surface area (Å²) in [6.07, 6.45) is 4.51. The van der Waals surface area contributed by atoms with Crippen LogP contribution in [0.3, 0.4) is 0 Å². The summed E-state index contributed by atoms with van der Waals surface area (Å²) in [5.74, 6) is 0.468. The highest BCUT2D eigenvalue weighted by molar-refractivity contribution is 5.89. The van der Waals surface area contributed by atoms with Gasteiger partial charge in [-0.2, -0.15) is 0 Å². The van der Waals surface area contributed by atoms with Crippen molar-refractivity contribution in [1.82, 2.24) is 0 Å². The van der Waals surface area contributed by atoms with E-state index in [0.717, 1.165) is 19.3 Å². The van der Waals surface area contributed by atoms with E-state index in [1.54, 1.807) is 0 Å². The average Bonchev–Trinajstić information content (AvgIpc) is 2.39. The van der Waals surface area contributed by atoms with Crippen molar-refractivity contribution in [1.29, 1.82) is 0 Å². The van der Waals surface area contributed by atoms with Crippen LogP contribution >= 0.6 is 0 Å². The summed E-state index contributed by atoms with van der Waals surface area (Å²) in [6, 6.07) is 9.27. The van der Waals surface area contributed by atoms with Crippen LogP contribution in [0.15, 0.2) is 30.3 Å². The Morgan fingerprint density at radius 2 is 1.84 bits per heavy atom. The van der Waals surface area contributed by atoms with Crippen molar-refractivity contribution >= 4 is 5.97 Å². The quantitative estimate of drug-likeness (QED) is 0.734. The molecule has 2 rings (SSSR count). The molecule has 2 atom stereocenters. The van der Waals surface area contributed by atoms with Gasteiger partial charge >= 0.3 is 5.97 Å². The van der Waals surface area contributed by atoms with E-state index >= 15 is 0 Å². The number of carbonyl (C=O) groups excluding carboxylic acids is 1. The molecule has 19 heavy (non-hydrogen) atoms. The molecule has 1 fully saturated rings. The SMILES string of the molecule is CC(C)(C)[C@@H]1CCC[C@@H](OC(=O)c2ccccc2)C1. The first-order valence-corrected chi connectivity index (χ1v) is 7.23. The molecule has 0 saturated heterocycles. The molecule has 2 nitrogen and oxygen atoms in total. The highest BCUT2D eigenvalue weighted by Crippen LogP contribution is 2.38. The van der Waals surface area contributed by atoms with E-state index < -0.39 is 0 Å². The van der Waals surface area contributed by atoms with Crippen molar-refractivity contribution in [2.45, 2.75) is 52.6 Å². The largest absolute Gasteiger partial charge is 0.459 e. The molecule has 2 heteroatoms. The highest BCUT2D eigenvalue weighted by Gasteiger charge is 2.32. The third-order valence-corrected chi connectivity index (χ3v) is 4.13. The van der Waals surface area contributed by atoms with Gasteiger partial charge in [0.1, 0.15) is 6.10 Å². The zero-order valence-corrected chi connectivity index (χ0v) is 12.2. The summed E-state index contributed by atoms with van der Waals surface area (Å²) in [7, 11) is 0. The standard InChI is InChI=1S/C17H24O2/c1-17(2,3)14-10-7-11-15(12-14)19-16(18)13-8-5-4-6-9-13/h4-6,8-9,14-15H,7,10-12H2,1-3H3/t14-,15-/m1/s1. The van der Waals surface area contributed by atoms with Crippen LogP contribution in [-0.2, 0) is 4.74 Å². The number of ether oxygens (including phenoxy) is 1. The van der Waals surface area contributed by atoms with Gasteiger partial charge in [-0.25, -0.2) is 4.79 Å². The second-order valence-electron chi connectivity index (χ2n) is 6.62. The predicted octanol–water partition coefficient (Wildman–Crippen LogP) is 4.45. The maximum atomic E-state index is 12.0. The summed E-state index contributed by atoms with van der Waals surface area (Å²) in [5.41, 5.74) is 0.957. The molecular formula is C17H24O2. The van der Waals surface area contributed by atoms with Crippen molar-refractivity contribution in [3.63, 3.8) is 0 Å². The van der Waals surface area contributed by atoms with Crippen molar-refractivity contribution in [2.24, 2.45) is 11.3 Å². The van der Waals surface area contributed by atoms with E-state index in [1.807, 2.05) is 30.3 Å². The van der Waals surface area contributed by atoms with Gasteiger partial charge in [-0.15, -0.1) is 0 Å². The molecule has 1 saturated carbocycles. The Morgan fingerprint density at radius 1 is 1.16 bits per heavy atom. The minimum atomic E-state index is -0.180. The Kier molecular flexibility index (Phi) is 4.28. The van der Waals surface area contributed by atoms with Crippen LogP contribution < -0.4 is 0 Å². The van der Waals surface area contributed by atoms with E-state index in [-0.39, 0.29) is 12.1 Å². The molecule has 0 bridgehead atoms. The van der Waals surface area contributed by atoms with Gasteiger partial charge in [-0.1, -0.05) is 39.0 Å². The third kappa shape index (κ3) is 3.82. The van der Waals surface area contributed by atoms with E-state index in [9.17, 15) is 4.79 Å². The number of hydrogen-bond donors (Lipinski definition) is 0. The minimum absolute atomic E-state index is 0.0886. The van der Waals surface area contributed by atoms with Gasteiger partial charge in [-0.3, -0.25) is 0 Å². The van der Waals surface area contributed by atoms with Crippen LogP contribution in [0.1, 0.15) is 56.8 Å². The Labute approximate surface area is 116 Å². The zero-order chi connectivity index (χ0) is 13.9. The van der Waals surface area contributed by atoms with E-state index in [0.29, 0.717) is 16.9 Å². The van der Waals surface area contributed by atoms with Gasteiger partial charge in [0.25, 0.3) is 0 Å². The van der Waals surface area contributed by atoms with E-state index in [2.05, 4.69) is 20.8 Å². The van der Waals surface area contributed by atoms with Gasteiger partial charge in [-0.05, 0) is 49.1 Å². The summed E-state index contributed by atoms with van der Waals surface area (Å²) in [5, 5.41) is 0. The van der Waals surface area contributed by atoms with Crippen LogP contribution in [0.5, 0.6) is 0 Å². The van der Waals surface area contributed by atoms with Crippen molar-refractivity contribution in [3.05, 3.63) is 35.9 Å². The zero-order valence-electron chi connectivity index (χ0n) is 12.2. The normalized spacial score (nSPS) is 23.9. The molecule has 0 heterocycles. The number of benzene rings is 1. The third-order valence-electron chi connectivity index (χ3n) is 4.13. The van der Waals surface area contributed by atoms with E-state index in [4.69, 9.17) is 4.74 Å². The number of esters is 1. The van der Waals surface area contributed by atoms with Crippen LogP contribution in [0.25, 0.3) is 0 Å². The molecular weight excluding hydrogens is 236 g/mol. The van der Waals surface area contributed by atoms with E-state index in [1.165, 1.54) is 6.42 Å². The monoisotopic (exact) mass is 260 g/mol. The lowest BCUT2D eigenvalue weighted by atomic mass is 9.71. The highest BCUT2D eigenvalue weighted by atomic mass is 16.5. The first-order chi connectivity index (χ1) is 8.97. The molecule has 0 radical (unpaired) electrons. The molecule has 0 spiro atoms. The predicted molar refractivity (Wildman–Crippen MR) is 77.1 cm³/mol. The first kappa shape index (κ1) is 14.1. The number of rotatable bonds is 2. The fraction of sp³-hybridized carbons (Fsp3) is 0.588. The van der Waals surface area contributed by atoms with Crippen molar-refractivity contribution < 1.29 is 9.53 Å². The van der Waals surface area contributed by atoms with Crippen LogP contribution in [0.2, 0.25) is 0 Å². The second-order valence-corrected chi connectivity index (χ2v) is 6.62. The molecule has 1 aliphatic rings. The molecule has 0 aromatic heterocycles. The first-order valence-electron chi connectivity index (χ1n) is 7.23. The van der Waals surface area contributed by atoms with Crippen molar-refractivity contribution in [3.8, 4) is 0 Å². The molecule has 0 N–H and O–H groups in total. The average molecular weight is 260 g/mol. The Bertz CT molecular complexity index is 417. The Balaban J connectivity index is 1.94. The molecule has 104 valence electrons. The van der Waals surface area contributed by atoms with Gasteiger partial charge in [0, 0.05) is 0 Å². The fourth-order valence-electron chi connectivity index (χ4n) is 2.83. The lowest BCUT2D eigenvalue weighted by molar-refractivity contribution is 0.00299. The summed E-state index contributed by atoms with van der Waals surface area (Å²) < 4.78 is 5.66. The van der Waals surface area contributed by atoms with Gasteiger partial charge < -0.3 is 4.74 Å². The second kappa shape index (κ2) is 5.77. The molecule has 1 aromatic carbocycles. The van der Waals surface area contributed by atoms with Gasteiger partial charge in [0.15, 0.2) is 0 Å².